The molecule has 0 bridgehead atoms. The lowest BCUT2D eigenvalue weighted by Gasteiger charge is -2.36. The van der Waals surface area contributed by atoms with Gasteiger partial charge in [-0.15, -0.1) is 0 Å². The number of nitriles is 2. The molecule has 3 aromatic carbocycles. The first-order valence-electron chi connectivity index (χ1n) is 18.0. The average molecular weight is 847 g/mol. The summed E-state index contributed by atoms with van der Waals surface area (Å²) < 4.78 is 0. The van der Waals surface area contributed by atoms with Crippen LogP contribution < -0.4 is 9.80 Å². The van der Waals surface area contributed by atoms with E-state index >= 15 is 0 Å². The second kappa shape index (κ2) is 15.8. The Morgan fingerprint density at radius 3 is 1.98 bits per heavy atom. The Morgan fingerprint density at radius 1 is 0.842 bits per heavy atom. The molecular formula is C41H36Cl4N8O4. The number of imide groups is 2. The van der Waals surface area contributed by atoms with Gasteiger partial charge in [0.25, 0.3) is 11.8 Å². The number of likely N-dealkylation sites (N-methyl/N-ethyl adjacent to an activating group) is 2. The second-order valence-corrected chi connectivity index (χ2v) is 16.6. The number of rotatable bonds is 9. The number of nitrogens with zero attached hydrogens (tertiary/aromatic N) is 8. The van der Waals surface area contributed by atoms with Crippen LogP contribution in [0.15, 0.2) is 84.5 Å². The maximum atomic E-state index is 14.8. The molecule has 5 atom stereocenters. The average Bonchev–Trinajstić information content (AvgIpc) is 3.72. The van der Waals surface area contributed by atoms with Gasteiger partial charge in [-0.05, 0) is 79.6 Å². The molecule has 2 unspecified atom stereocenters. The van der Waals surface area contributed by atoms with Crippen LogP contribution in [0.4, 0.5) is 21.0 Å². The van der Waals surface area contributed by atoms with Crippen molar-refractivity contribution in [3.63, 3.8) is 0 Å². The number of likely N-dealkylation sites (tertiary alicyclic amines) is 1. The third-order valence-electron chi connectivity index (χ3n) is 11.4. The molecule has 3 fully saturated rings. The largest absolute Gasteiger partial charge is 0.332 e. The first kappa shape index (κ1) is 40.3. The van der Waals surface area contributed by atoms with Crippen LogP contribution in [0.25, 0.3) is 0 Å². The lowest BCUT2D eigenvalue weighted by atomic mass is 9.80. The van der Waals surface area contributed by atoms with Crippen molar-refractivity contribution in [1.82, 2.24) is 19.6 Å². The highest BCUT2D eigenvalue weighted by Gasteiger charge is 2.64. The fourth-order valence-electron chi connectivity index (χ4n) is 8.71. The normalized spacial score (nSPS) is 24.2. The molecular weight excluding hydrogens is 810 g/mol. The minimum Gasteiger partial charge on any atom is -0.315 e. The quantitative estimate of drug-likeness (QED) is 0.204. The van der Waals surface area contributed by atoms with E-state index < -0.39 is 47.3 Å². The van der Waals surface area contributed by atoms with E-state index in [-0.39, 0.29) is 43.9 Å². The van der Waals surface area contributed by atoms with Crippen molar-refractivity contribution >= 4 is 81.7 Å². The molecule has 4 aliphatic rings. The first-order valence-corrected chi connectivity index (χ1v) is 19.5. The van der Waals surface area contributed by atoms with Crippen LogP contribution >= 0.6 is 46.4 Å². The number of hydrogen-bond acceptors (Lipinski definition) is 8. The van der Waals surface area contributed by atoms with E-state index in [2.05, 4.69) is 17.0 Å². The number of halogens is 4. The van der Waals surface area contributed by atoms with E-state index in [1.165, 1.54) is 46.2 Å². The van der Waals surface area contributed by atoms with E-state index in [1.807, 2.05) is 36.2 Å². The van der Waals surface area contributed by atoms with Gasteiger partial charge in [0.2, 0.25) is 0 Å². The number of anilines is 2. The van der Waals surface area contributed by atoms with Gasteiger partial charge in [-0.2, -0.15) is 10.5 Å². The van der Waals surface area contributed by atoms with Crippen molar-refractivity contribution in [1.29, 1.82) is 10.5 Å². The van der Waals surface area contributed by atoms with Crippen LogP contribution in [-0.2, 0) is 9.59 Å². The van der Waals surface area contributed by atoms with Crippen LogP contribution in [-0.4, -0.2) is 103 Å². The third-order valence-corrected chi connectivity index (χ3v) is 12.2. The van der Waals surface area contributed by atoms with Gasteiger partial charge in [-0.3, -0.25) is 19.4 Å². The zero-order chi connectivity index (χ0) is 40.9. The summed E-state index contributed by atoms with van der Waals surface area (Å²) in [4.78, 5) is 66.2. The van der Waals surface area contributed by atoms with Crippen LogP contribution in [0, 0.1) is 34.5 Å². The highest BCUT2D eigenvalue weighted by molar-refractivity contribution is 6.36. The van der Waals surface area contributed by atoms with Gasteiger partial charge in [0.1, 0.15) is 11.6 Å². The Balaban J connectivity index is 1.20. The molecule has 0 aromatic heterocycles. The SMILES string of the molecule is CN(C[C@H](C1C=CC(C#N)=CC1)[C@H]1C(=O)N(c2cc(Cl)cc(Cl)c2)C(=O)N1C)CN1CC(c2ccc(C#N)cc2)[C@]2(C1)C(=O)N(c1cc(Cl)cc(Cl)c1)C(=O)N2C. The van der Waals surface area contributed by atoms with Gasteiger partial charge < -0.3 is 9.80 Å². The van der Waals surface area contributed by atoms with Gasteiger partial charge in [0, 0.05) is 71.2 Å². The summed E-state index contributed by atoms with van der Waals surface area (Å²) in [5.41, 5.74) is 0.937. The Labute approximate surface area is 350 Å². The van der Waals surface area contributed by atoms with Gasteiger partial charge in [0.05, 0.1) is 35.7 Å². The van der Waals surface area contributed by atoms with Crippen LogP contribution in [0.3, 0.4) is 0 Å². The number of hydrogen-bond donors (Lipinski definition) is 0. The Hall–Kier alpha value is -4.92. The minimum absolute atomic E-state index is 0.167. The van der Waals surface area contributed by atoms with E-state index in [0.29, 0.717) is 37.3 Å². The molecule has 12 nitrogen and oxygen atoms in total. The van der Waals surface area contributed by atoms with Crippen molar-refractivity contribution in [2.45, 2.75) is 23.9 Å². The number of carbonyl (C=O) groups is 4. The number of allylic oxidation sites excluding steroid dienone is 4. The molecule has 57 heavy (non-hydrogen) atoms. The highest BCUT2D eigenvalue weighted by atomic mass is 35.5. The monoisotopic (exact) mass is 844 g/mol. The zero-order valence-electron chi connectivity index (χ0n) is 31.1. The lowest BCUT2D eigenvalue weighted by Crippen LogP contribution is -2.54. The van der Waals surface area contributed by atoms with Crippen LogP contribution in [0.1, 0.15) is 23.5 Å². The molecule has 16 heteroatoms. The maximum absolute atomic E-state index is 14.8. The predicted octanol–water partition coefficient (Wildman–Crippen LogP) is 7.41. The van der Waals surface area contributed by atoms with Crippen LogP contribution in [0.5, 0.6) is 0 Å². The summed E-state index contributed by atoms with van der Waals surface area (Å²) in [5.74, 6) is -2.01. The molecule has 0 N–H and O–H groups in total. The first-order chi connectivity index (χ1) is 27.2. The van der Waals surface area contributed by atoms with E-state index in [1.54, 1.807) is 32.3 Å². The fraction of sp³-hybridized carbons (Fsp3) is 0.317. The molecule has 1 aliphatic carbocycles. The Morgan fingerprint density at radius 2 is 1.44 bits per heavy atom. The van der Waals surface area contributed by atoms with Crippen molar-refractivity contribution in [2.24, 2.45) is 11.8 Å². The molecule has 292 valence electrons. The summed E-state index contributed by atoms with van der Waals surface area (Å²) in [6.07, 6.45) is 5.96. The summed E-state index contributed by atoms with van der Waals surface area (Å²) in [7, 11) is 5.11. The van der Waals surface area contributed by atoms with Gasteiger partial charge in [-0.25, -0.2) is 19.4 Å². The molecule has 3 aliphatic heterocycles. The van der Waals surface area contributed by atoms with Crippen molar-refractivity contribution in [3.8, 4) is 12.1 Å². The maximum Gasteiger partial charge on any atom is 0.332 e. The summed E-state index contributed by atoms with van der Waals surface area (Å²) in [6, 6.07) is 18.5. The van der Waals surface area contributed by atoms with Crippen molar-refractivity contribution in [3.05, 3.63) is 116 Å². The minimum atomic E-state index is -1.34. The number of urea groups is 2. The molecule has 3 aromatic rings. The summed E-state index contributed by atoms with van der Waals surface area (Å²) in [5, 5.41) is 20.1. The van der Waals surface area contributed by atoms with E-state index in [9.17, 15) is 29.7 Å². The summed E-state index contributed by atoms with van der Waals surface area (Å²) >= 11 is 25.2. The third kappa shape index (κ3) is 7.27. The van der Waals surface area contributed by atoms with Gasteiger partial charge >= 0.3 is 12.1 Å². The Bertz CT molecular complexity index is 2280. The molecule has 0 saturated carbocycles. The van der Waals surface area contributed by atoms with E-state index in [4.69, 9.17) is 46.4 Å². The van der Waals surface area contributed by atoms with Gasteiger partial charge in [0.15, 0.2) is 0 Å². The Kier molecular flexibility index (Phi) is 11.2. The predicted molar refractivity (Wildman–Crippen MR) is 218 cm³/mol. The fourth-order valence-corrected chi connectivity index (χ4v) is 9.74. The highest BCUT2D eigenvalue weighted by Crippen LogP contribution is 2.47. The van der Waals surface area contributed by atoms with Gasteiger partial charge in [-0.1, -0.05) is 70.7 Å². The molecule has 3 heterocycles. The number of benzene rings is 3. The van der Waals surface area contributed by atoms with Crippen molar-refractivity contribution < 1.29 is 19.2 Å². The zero-order valence-corrected chi connectivity index (χ0v) is 34.1. The number of amides is 6. The number of carbonyl (C=O) groups excluding carboxylic acids is 4. The molecule has 6 amide bonds. The molecule has 3 saturated heterocycles. The standard InChI is InChI=1S/C41H36Cl4N8O4/c1-48(20-34(26-8-4-24(18-46)5-9-26)36-37(54)52(39(56)49(36)2)32-14-28(42)12-29(43)15-32)23-51-21-35(27-10-6-25(19-47)7-11-27)41(22-51)38(55)53(40(57)50(41)3)33-16-30(44)13-31(45)17-33/h4-8,10-17,26,34-36H,9,20-23H2,1-3H3/t26?,34-,35?,36+,41-/m1/s1. The van der Waals surface area contributed by atoms with Crippen molar-refractivity contribution in [2.75, 3.05) is 57.2 Å². The summed E-state index contributed by atoms with van der Waals surface area (Å²) in [6.45, 7) is 1.20. The topological polar surface area (TPSA) is 135 Å². The molecule has 0 radical (unpaired) electrons. The second-order valence-electron chi connectivity index (χ2n) is 14.8. The lowest BCUT2D eigenvalue weighted by molar-refractivity contribution is -0.125. The smallest absolute Gasteiger partial charge is 0.315 e. The van der Waals surface area contributed by atoms with E-state index in [0.717, 1.165) is 15.4 Å². The molecule has 7 rings (SSSR count). The van der Waals surface area contributed by atoms with Crippen LogP contribution in [0.2, 0.25) is 20.1 Å². The molecule has 1 spiro atoms.